The number of oxazole rings is 1. The van der Waals surface area contributed by atoms with Crippen LogP contribution in [0.3, 0.4) is 0 Å². The van der Waals surface area contributed by atoms with E-state index in [1.807, 2.05) is 6.07 Å². The number of nitrogens with zero attached hydrogens (tertiary/aromatic N) is 4. The number of rotatable bonds is 4. The number of carbonyl (C=O) groups is 1. The highest BCUT2D eigenvalue weighted by molar-refractivity contribution is 5.92. The van der Waals surface area contributed by atoms with Gasteiger partial charge < -0.3 is 9.32 Å². The zero-order valence-electron chi connectivity index (χ0n) is 14.9. The SMILES string of the molecule is Cc1nccc(C(=O)N2CCC[C@H]2c2ncc(Cc3cccc(F)c3)o2)n1. The van der Waals surface area contributed by atoms with Gasteiger partial charge in [0.05, 0.1) is 6.20 Å². The molecule has 1 amide bonds. The number of aromatic nitrogens is 3. The maximum atomic E-state index is 13.3. The second-order valence-corrected chi connectivity index (χ2v) is 6.62. The Bertz CT molecular complexity index is 972. The van der Waals surface area contributed by atoms with Gasteiger partial charge in [0.1, 0.15) is 29.1 Å². The number of hydrogen-bond donors (Lipinski definition) is 0. The molecule has 6 nitrogen and oxygen atoms in total. The van der Waals surface area contributed by atoms with Crippen molar-refractivity contribution in [1.29, 1.82) is 0 Å². The van der Waals surface area contributed by atoms with Gasteiger partial charge in [-0.3, -0.25) is 4.79 Å². The lowest BCUT2D eigenvalue weighted by molar-refractivity contribution is 0.0708. The molecule has 7 heteroatoms. The summed E-state index contributed by atoms with van der Waals surface area (Å²) in [5, 5.41) is 0. The summed E-state index contributed by atoms with van der Waals surface area (Å²) >= 11 is 0. The highest BCUT2D eigenvalue weighted by Gasteiger charge is 2.34. The van der Waals surface area contributed by atoms with Gasteiger partial charge in [-0.15, -0.1) is 0 Å². The number of carbonyl (C=O) groups excluding carboxylic acids is 1. The molecule has 0 radical (unpaired) electrons. The van der Waals surface area contributed by atoms with E-state index in [0.717, 1.165) is 18.4 Å². The van der Waals surface area contributed by atoms with Gasteiger partial charge in [-0.05, 0) is 43.5 Å². The van der Waals surface area contributed by atoms with Crippen molar-refractivity contribution in [3.63, 3.8) is 0 Å². The van der Waals surface area contributed by atoms with Crippen LogP contribution in [-0.2, 0) is 6.42 Å². The fourth-order valence-corrected chi connectivity index (χ4v) is 3.40. The van der Waals surface area contributed by atoms with E-state index in [9.17, 15) is 9.18 Å². The summed E-state index contributed by atoms with van der Waals surface area (Å²) in [4.78, 5) is 27.2. The topological polar surface area (TPSA) is 72.1 Å². The Morgan fingerprint density at radius 3 is 3.04 bits per heavy atom. The summed E-state index contributed by atoms with van der Waals surface area (Å²) in [5.41, 5.74) is 1.19. The Kier molecular flexibility index (Phi) is 4.66. The fraction of sp³-hybridized carbons (Fsp3) is 0.300. The van der Waals surface area contributed by atoms with Gasteiger partial charge >= 0.3 is 0 Å². The predicted molar refractivity (Wildman–Crippen MR) is 95.5 cm³/mol. The quantitative estimate of drug-likeness (QED) is 0.707. The zero-order chi connectivity index (χ0) is 18.8. The number of aryl methyl sites for hydroxylation is 1. The van der Waals surface area contributed by atoms with Gasteiger partial charge in [0.15, 0.2) is 0 Å². The van der Waals surface area contributed by atoms with Crippen molar-refractivity contribution in [3.8, 4) is 0 Å². The predicted octanol–water partition coefficient (Wildman–Crippen LogP) is 3.48. The highest BCUT2D eigenvalue weighted by Crippen LogP contribution is 2.33. The van der Waals surface area contributed by atoms with Crippen LogP contribution in [0.25, 0.3) is 0 Å². The zero-order valence-corrected chi connectivity index (χ0v) is 14.9. The molecule has 0 unspecified atom stereocenters. The second-order valence-electron chi connectivity index (χ2n) is 6.62. The van der Waals surface area contributed by atoms with Crippen molar-refractivity contribution in [2.45, 2.75) is 32.2 Å². The Hall–Kier alpha value is -3.09. The van der Waals surface area contributed by atoms with Gasteiger partial charge in [0.25, 0.3) is 5.91 Å². The van der Waals surface area contributed by atoms with Crippen LogP contribution >= 0.6 is 0 Å². The van der Waals surface area contributed by atoms with Crippen molar-refractivity contribution in [2.75, 3.05) is 6.54 Å². The highest BCUT2D eigenvalue weighted by atomic mass is 19.1. The average Bonchev–Trinajstić information content (AvgIpc) is 3.30. The number of amides is 1. The normalized spacial score (nSPS) is 16.7. The van der Waals surface area contributed by atoms with Crippen LogP contribution in [0.4, 0.5) is 4.39 Å². The summed E-state index contributed by atoms with van der Waals surface area (Å²) in [5.74, 6) is 1.30. The first-order valence-corrected chi connectivity index (χ1v) is 8.90. The maximum absolute atomic E-state index is 13.3. The Morgan fingerprint density at radius 2 is 2.22 bits per heavy atom. The molecule has 3 heterocycles. The monoisotopic (exact) mass is 366 g/mol. The van der Waals surface area contributed by atoms with Gasteiger partial charge in [-0.1, -0.05) is 12.1 Å². The van der Waals surface area contributed by atoms with Crippen molar-refractivity contribution < 1.29 is 13.6 Å². The molecule has 0 spiro atoms. The van der Waals surface area contributed by atoms with Gasteiger partial charge in [-0.2, -0.15) is 0 Å². The molecule has 0 aliphatic carbocycles. The van der Waals surface area contributed by atoms with Crippen LogP contribution in [-0.4, -0.2) is 32.3 Å². The molecule has 1 saturated heterocycles. The van der Waals surface area contributed by atoms with Crippen LogP contribution in [0, 0.1) is 12.7 Å². The lowest BCUT2D eigenvalue weighted by Gasteiger charge is -2.21. The van der Waals surface area contributed by atoms with E-state index in [4.69, 9.17) is 4.42 Å². The third-order valence-corrected chi connectivity index (χ3v) is 4.63. The maximum Gasteiger partial charge on any atom is 0.273 e. The second kappa shape index (κ2) is 7.26. The molecule has 0 bridgehead atoms. The molecule has 1 atom stereocenters. The first-order chi connectivity index (χ1) is 13.1. The molecule has 1 aliphatic rings. The number of benzene rings is 1. The molecule has 1 fully saturated rings. The molecule has 1 aromatic carbocycles. The summed E-state index contributed by atoms with van der Waals surface area (Å²) < 4.78 is 19.2. The summed E-state index contributed by atoms with van der Waals surface area (Å²) in [6.07, 6.45) is 5.35. The van der Waals surface area contributed by atoms with E-state index in [1.54, 1.807) is 36.4 Å². The van der Waals surface area contributed by atoms with Crippen LogP contribution in [0.5, 0.6) is 0 Å². The number of hydrogen-bond acceptors (Lipinski definition) is 5. The first kappa shape index (κ1) is 17.3. The largest absolute Gasteiger partial charge is 0.443 e. The van der Waals surface area contributed by atoms with Crippen LogP contribution in [0.2, 0.25) is 0 Å². The molecular weight excluding hydrogens is 347 g/mol. The molecular formula is C20H19FN4O2. The van der Waals surface area contributed by atoms with Crippen LogP contribution < -0.4 is 0 Å². The van der Waals surface area contributed by atoms with Gasteiger partial charge in [-0.25, -0.2) is 19.3 Å². The minimum absolute atomic E-state index is 0.145. The molecule has 138 valence electrons. The summed E-state index contributed by atoms with van der Waals surface area (Å²) in [6, 6.07) is 7.80. The van der Waals surface area contributed by atoms with Gasteiger partial charge in [0, 0.05) is 19.2 Å². The lowest BCUT2D eigenvalue weighted by atomic mass is 10.1. The van der Waals surface area contributed by atoms with Crippen molar-refractivity contribution >= 4 is 5.91 Å². The third kappa shape index (κ3) is 3.72. The summed E-state index contributed by atoms with van der Waals surface area (Å²) in [6.45, 7) is 2.39. The van der Waals surface area contributed by atoms with E-state index in [-0.39, 0.29) is 17.8 Å². The minimum atomic E-state index is -0.278. The Labute approximate surface area is 156 Å². The van der Waals surface area contributed by atoms with E-state index in [1.165, 1.54) is 12.1 Å². The average molecular weight is 366 g/mol. The Balaban J connectivity index is 1.52. The lowest BCUT2D eigenvalue weighted by Crippen LogP contribution is -2.31. The Morgan fingerprint density at radius 1 is 1.33 bits per heavy atom. The minimum Gasteiger partial charge on any atom is -0.443 e. The molecule has 3 aromatic rings. The summed E-state index contributed by atoms with van der Waals surface area (Å²) in [7, 11) is 0. The van der Waals surface area contributed by atoms with E-state index in [0.29, 0.717) is 36.1 Å². The van der Waals surface area contributed by atoms with Gasteiger partial charge in [0.2, 0.25) is 5.89 Å². The van der Waals surface area contributed by atoms with E-state index < -0.39 is 0 Å². The molecule has 0 N–H and O–H groups in total. The van der Waals surface area contributed by atoms with E-state index >= 15 is 0 Å². The molecule has 4 rings (SSSR count). The fourth-order valence-electron chi connectivity index (χ4n) is 3.40. The molecule has 2 aromatic heterocycles. The number of halogens is 1. The standard InChI is InChI=1S/C20H19FN4O2/c1-13-22-8-7-17(24-13)20(26)25-9-3-6-18(25)19-23-12-16(27-19)11-14-4-2-5-15(21)10-14/h2,4-5,7-8,10,12,18H,3,6,9,11H2,1H3/t18-/m0/s1. The van der Waals surface area contributed by atoms with Crippen molar-refractivity contribution in [2.24, 2.45) is 0 Å². The molecule has 1 aliphatic heterocycles. The van der Waals surface area contributed by atoms with Crippen molar-refractivity contribution in [1.82, 2.24) is 19.9 Å². The van der Waals surface area contributed by atoms with Crippen molar-refractivity contribution in [3.05, 3.63) is 77.3 Å². The smallest absolute Gasteiger partial charge is 0.273 e. The molecule has 27 heavy (non-hydrogen) atoms. The first-order valence-electron chi connectivity index (χ1n) is 8.90. The van der Waals surface area contributed by atoms with Crippen LogP contribution in [0.1, 0.15) is 52.4 Å². The third-order valence-electron chi connectivity index (χ3n) is 4.63. The molecule has 0 saturated carbocycles. The van der Waals surface area contributed by atoms with E-state index in [2.05, 4.69) is 15.0 Å². The number of likely N-dealkylation sites (tertiary alicyclic amines) is 1. The van der Waals surface area contributed by atoms with Crippen LogP contribution in [0.15, 0.2) is 47.1 Å².